The van der Waals surface area contributed by atoms with Gasteiger partial charge in [0.2, 0.25) is 0 Å². The molecule has 1 aliphatic rings. The van der Waals surface area contributed by atoms with Gasteiger partial charge in [0.1, 0.15) is 12.4 Å². The summed E-state index contributed by atoms with van der Waals surface area (Å²) in [4.78, 5) is 12.6. The van der Waals surface area contributed by atoms with Gasteiger partial charge < -0.3 is 9.69 Å². The maximum atomic E-state index is 12.6. The Morgan fingerprint density at radius 2 is 2.15 bits per heavy atom. The standard InChI is InChI=1S/C14H13F3N2O/c15-14(16,17)12-3-4-13(11(6-12)7-18)19-5-1-2-10(8-19)9-20/h3-4,6,9-10H,1-2,5,8H2. The second kappa shape index (κ2) is 5.53. The zero-order chi connectivity index (χ0) is 14.8. The monoisotopic (exact) mass is 282 g/mol. The van der Waals surface area contributed by atoms with E-state index in [0.717, 1.165) is 31.3 Å². The maximum Gasteiger partial charge on any atom is 0.416 e. The summed E-state index contributed by atoms with van der Waals surface area (Å²) in [6, 6.07) is 4.96. The molecule has 2 rings (SSSR count). The van der Waals surface area contributed by atoms with Crippen molar-refractivity contribution < 1.29 is 18.0 Å². The lowest BCUT2D eigenvalue weighted by atomic mass is 9.98. The molecule has 0 N–H and O–H groups in total. The average Bonchev–Trinajstić information content (AvgIpc) is 2.45. The van der Waals surface area contributed by atoms with Crippen LogP contribution in [0.25, 0.3) is 0 Å². The Balaban J connectivity index is 2.33. The quantitative estimate of drug-likeness (QED) is 0.783. The van der Waals surface area contributed by atoms with Gasteiger partial charge in [0.15, 0.2) is 0 Å². The van der Waals surface area contributed by atoms with Crippen LogP contribution in [-0.4, -0.2) is 19.4 Å². The number of nitrogens with zero attached hydrogens (tertiary/aromatic N) is 2. The predicted octanol–water partition coefficient (Wildman–Crippen LogP) is 2.99. The molecule has 6 heteroatoms. The van der Waals surface area contributed by atoms with E-state index in [4.69, 9.17) is 5.26 Å². The number of alkyl halides is 3. The normalized spacial score (nSPS) is 19.5. The molecule has 1 aromatic rings. The highest BCUT2D eigenvalue weighted by molar-refractivity contribution is 5.63. The molecule has 20 heavy (non-hydrogen) atoms. The third kappa shape index (κ3) is 2.93. The first-order valence-electron chi connectivity index (χ1n) is 6.27. The number of anilines is 1. The molecule has 1 fully saturated rings. The lowest BCUT2D eigenvalue weighted by Gasteiger charge is -2.32. The van der Waals surface area contributed by atoms with Gasteiger partial charge in [-0.3, -0.25) is 0 Å². The van der Waals surface area contributed by atoms with Crippen molar-refractivity contribution in [3.05, 3.63) is 29.3 Å². The lowest BCUT2D eigenvalue weighted by molar-refractivity contribution is -0.137. The van der Waals surface area contributed by atoms with Crippen molar-refractivity contribution in [3.8, 4) is 6.07 Å². The van der Waals surface area contributed by atoms with E-state index in [0.29, 0.717) is 18.8 Å². The Morgan fingerprint density at radius 1 is 1.40 bits per heavy atom. The number of hydrogen-bond acceptors (Lipinski definition) is 3. The molecule has 0 amide bonds. The van der Waals surface area contributed by atoms with Crippen LogP contribution >= 0.6 is 0 Å². The van der Waals surface area contributed by atoms with E-state index in [1.807, 2.05) is 6.07 Å². The van der Waals surface area contributed by atoms with Crippen LogP contribution in [0.5, 0.6) is 0 Å². The fourth-order valence-corrected chi connectivity index (χ4v) is 2.42. The van der Waals surface area contributed by atoms with E-state index in [2.05, 4.69) is 0 Å². The zero-order valence-electron chi connectivity index (χ0n) is 10.7. The predicted molar refractivity (Wildman–Crippen MR) is 67.2 cm³/mol. The van der Waals surface area contributed by atoms with Crippen LogP contribution in [0.1, 0.15) is 24.0 Å². The van der Waals surface area contributed by atoms with Crippen LogP contribution in [0, 0.1) is 17.2 Å². The third-order valence-corrected chi connectivity index (χ3v) is 3.44. The van der Waals surface area contributed by atoms with E-state index < -0.39 is 11.7 Å². The SMILES string of the molecule is N#Cc1cc(C(F)(F)F)ccc1N1CCCC(C=O)C1. The highest BCUT2D eigenvalue weighted by Gasteiger charge is 2.32. The Morgan fingerprint density at radius 3 is 2.75 bits per heavy atom. The Kier molecular flexibility index (Phi) is 3.98. The number of rotatable bonds is 2. The number of halogens is 3. The molecule has 3 nitrogen and oxygen atoms in total. The average molecular weight is 282 g/mol. The van der Waals surface area contributed by atoms with Crippen molar-refractivity contribution in [2.75, 3.05) is 18.0 Å². The van der Waals surface area contributed by atoms with E-state index in [-0.39, 0.29) is 11.5 Å². The van der Waals surface area contributed by atoms with E-state index in [1.165, 1.54) is 6.07 Å². The van der Waals surface area contributed by atoms with Crippen molar-refractivity contribution in [2.24, 2.45) is 5.92 Å². The minimum Gasteiger partial charge on any atom is -0.370 e. The first-order chi connectivity index (χ1) is 9.45. The molecule has 1 saturated heterocycles. The van der Waals surface area contributed by atoms with Crippen molar-refractivity contribution in [3.63, 3.8) is 0 Å². The number of carbonyl (C=O) groups is 1. The second-order valence-electron chi connectivity index (χ2n) is 4.83. The van der Waals surface area contributed by atoms with Crippen LogP contribution in [-0.2, 0) is 11.0 Å². The number of carbonyl (C=O) groups excluding carboxylic acids is 1. The summed E-state index contributed by atoms with van der Waals surface area (Å²) in [5.74, 6) is -0.127. The highest BCUT2D eigenvalue weighted by Crippen LogP contribution is 2.33. The molecule has 0 aliphatic carbocycles. The van der Waals surface area contributed by atoms with Crippen LogP contribution in [0.2, 0.25) is 0 Å². The Labute approximate surface area is 114 Å². The smallest absolute Gasteiger partial charge is 0.370 e. The van der Waals surface area contributed by atoms with Gasteiger partial charge in [0.05, 0.1) is 16.8 Å². The molecule has 0 radical (unpaired) electrons. The van der Waals surface area contributed by atoms with Gasteiger partial charge >= 0.3 is 6.18 Å². The van der Waals surface area contributed by atoms with Gasteiger partial charge in [0.25, 0.3) is 0 Å². The van der Waals surface area contributed by atoms with Crippen molar-refractivity contribution in [1.82, 2.24) is 0 Å². The molecule has 1 unspecified atom stereocenters. The van der Waals surface area contributed by atoms with Crippen molar-refractivity contribution in [2.45, 2.75) is 19.0 Å². The topological polar surface area (TPSA) is 44.1 Å². The summed E-state index contributed by atoms with van der Waals surface area (Å²) in [6.45, 7) is 1.09. The fraction of sp³-hybridized carbons (Fsp3) is 0.429. The number of piperidine rings is 1. The van der Waals surface area contributed by atoms with Gasteiger partial charge in [-0.05, 0) is 31.0 Å². The third-order valence-electron chi connectivity index (χ3n) is 3.44. The van der Waals surface area contributed by atoms with Crippen LogP contribution < -0.4 is 4.90 Å². The molecule has 1 atom stereocenters. The second-order valence-corrected chi connectivity index (χ2v) is 4.83. The molecule has 1 aromatic carbocycles. The molecule has 0 bridgehead atoms. The van der Waals surface area contributed by atoms with Gasteiger partial charge in [-0.1, -0.05) is 0 Å². The van der Waals surface area contributed by atoms with Gasteiger partial charge in [-0.15, -0.1) is 0 Å². The number of aldehydes is 1. The number of benzene rings is 1. The summed E-state index contributed by atoms with van der Waals surface area (Å²) in [6.07, 6.45) is -2.03. The minimum atomic E-state index is -4.46. The molecule has 0 aromatic heterocycles. The zero-order valence-corrected chi connectivity index (χ0v) is 10.7. The van der Waals surface area contributed by atoms with E-state index in [9.17, 15) is 18.0 Å². The summed E-state index contributed by atoms with van der Waals surface area (Å²) in [7, 11) is 0. The number of nitriles is 1. The van der Waals surface area contributed by atoms with Gasteiger partial charge in [0, 0.05) is 19.0 Å². The lowest BCUT2D eigenvalue weighted by Crippen LogP contribution is -2.36. The maximum absolute atomic E-state index is 12.6. The molecule has 106 valence electrons. The largest absolute Gasteiger partial charge is 0.416 e. The first-order valence-corrected chi connectivity index (χ1v) is 6.27. The highest BCUT2D eigenvalue weighted by atomic mass is 19.4. The molecule has 0 spiro atoms. The van der Waals surface area contributed by atoms with Crippen LogP contribution in [0.3, 0.4) is 0 Å². The molecule has 1 heterocycles. The van der Waals surface area contributed by atoms with E-state index >= 15 is 0 Å². The van der Waals surface area contributed by atoms with Crippen molar-refractivity contribution >= 4 is 12.0 Å². The summed E-state index contributed by atoms with van der Waals surface area (Å²) in [5, 5.41) is 9.05. The molecular weight excluding hydrogens is 269 g/mol. The number of hydrogen-bond donors (Lipinski definition) is 0. The van der Waals surface area contributed by atoms with E-state index in [1.54, 1.807) is 4.90 Å². The first kappa shape index (κ1) is 14.4. The van der Waals surface area contributed by atoms with Crippen LogP contribution in [0.4, 0.5) is 18.9 Å². The van der Waals surface area contributed by atoms with Crippen LogP contribution in [0.15, 0.2) is 18.2 Å². The fourth-order valence-electron chi connectivity index (χ4n) is 2.42. The molecule has 1 aliphatic heterocycles. The minimum absolute atomic E-state index is 0.00799. The van der Waals surface area contributed by atoms with Crippen molar-refractivity contribution in [1.29, 1.82) is 5.26 Å². The summed E-state index contributed by atoms with van der Waals surface area (Å²) >= 11 is 0. The van der Waals surface area contributed by atoms with Gasteiger partial charge in [-0.25, -0.2) is 0 Å². The Bertz CT molecular complexity index is 548. The summed E-state index contributed by atoms with van der Waals surface area (Å²) in [5.41, 5.74) is -0.375. The molecular formula is C14H13F3N2O. The summed E-state index contributed by atoms with van der Waals surface area (Å²) < 4.78 is 37.9. The Hall–Kier alpha value is -2.03. The molecule has 0 saturated carbocycles. The van der Waals surface area contributed by atoms with Gasteiger partial charge in [-0.2, -0.15) is 18.4 Å².